The number of carbonyl (C=O) groups is 2. The average Bonchev–Trinajstić information content (AvgIpc) is 2.58. The van der Waals surface area contributed by atoms with E-state index in [2.05, 4.69) is 5.32 Å². The van der Waals surface area contributed by atoms with Crippen LogP contribution >= 0.6 is 21.6 Å². The first-order chi connectivity index (χ1) is 12.9. The highest BCUT2D eigenvalue weighted by molar-refractivity contribution is 8.77. The molecule has 0 aliphatic heterocycles. The number of alkyl carbamates (subject to hydrolysis) is 1. The second-order valence-electron chi connectivity index (χ2n) is 7.52. The third-order valence-electron chi connectivity index (χ3n) is 3.53. The molecule has 9 heteroatoms. The monoisotopic (exact) mass is 431 g/mol. The molecule has 0 saturated carbocycles. The SMILES string of the molecule is COc1cc(OC)cc(C(C)(C)OC(=O)N[C@H](CSSC(C)(C)C)C(=O)O)c1. The molecule has 1 amide bonds. The van der Waals surface area contributed by atoms with Gasteiger partial charge in [-0.25, -0.2) is 9.59 Å². The number of carboxylic acid groups (broad SMARTS) is 1. The Hall–Kier alpha value is -1.74. The molecule has 158 valence electrons. The van der Waals surface area contributed by atoms with E-state index in [0.717, 1.165) is 0 Å². The smallest absolute Gasteiger partial charge is 0.408 e. The number of ether oxygens (including phenoxy) is 3. The van der Waals surface area contributed by atoms with Crippen molar-refractivity contribution >= 4 is 33.7 Å². The maximum absolute atomic E-state index is 12.3. The number of nitrogens with one attached hydrogen (secondary N) is 1. The van der Waals surface area contributed by atoms with Gasteiger partial charge in [-0.2, -0.15) is 0 Å². The van der Waals surface area contributed by atoms with Gasteiger partial charge in [-0.1, -0.05) is 42.4 Å². The van der Waals surface area contributed by atoms with E-state index in [0.29, 0.717) is 17.1 Å². The Morgan fingerprint density at radius 3 is 2.04 bits per heavy atom. The Bertz CT molecular complexity index is 665. The van der Waals surface area contributed by atoms with Crippen LogP contribution in [-0.4, -0.2) is 47.9 Å². The van der Waals surface area contributed by atoms with E-state index in [9.17, 15) is 14.7 Å². The summed E-state index contributed by atoms with van der Waals surface area (Å²) in [6.07, 6.45) is -0.805. The Labute approximate surface area is 174 Å². The normalized spacial score (nSPS) is 12.8. The molecule has 0 heterocycles. The fourth-order valence-corrected chi connectivity index (χ4v) is 4.53. The van der Waals surface area contributed by atoms with Crippen molar-refractivity contribution in [1.82, 2.24) is 5.32 Å². The zero-order valence-corrected chi connectivity index (χ0v) is 19.0. The summed E-state index contributed by atoms with van der Waals surface area (Å²) in [7, 11) is 6.02. The minimum Gasteiger partial charge on any atom is -0.497 e. The number of rotatable bonds is 9. The second-order valence-corrected chi connectivity index (χ2v) is 10.7. The lowest BCUT2D eigenvalue weighted by Crippen LogP contribution is -2.44. The summed E-state index contributed by atoms with van der Waals surface area (Å²) in [5.41, 5.74) is -0.370. The molecule has 0 aliphatic rings. The van der Waals surface area contributed by atoms with E-state index >= 15 is 0 Å². The van der Waals surface area contributed by atoms with E-state index in [1.165, 1.54) is 25.0 Å². The van der Waals surface area contributed by atoms with Crippen LogP contribution in [0.1, 0.15) is 40.2 Å². The summed E-state index contributed by atoms with van der Waals surface area (Å²) < 4.78 is 16.0. The van der Waals surface area contributed by atoms with Gasteiger partial charge in [0.1, 0.15) is 23.1 Å². The number of aliphatic carboxylic acids is 1. The van der Waals surface area contributed by atoms with Crippen LogP contribution in [0.2, 0.25) is 0 Å². The highest BCUT2D eigenvalue weighted by Crippen LogP contribution is 2.35. The molecule has 0 saturated heterocycles. The molecule has 2 N–H and O–H groups in total. The highest BCUT2D eigenvalue weighted by atomic mass is 33.1. The molecule has 0 bridgehead atoms. The van der Waals surface area contributed by atoms with E-state index < -0.39 is 23.7 Å². The molecule has 1 rings (SSSR count). The number of benzene rings is 1. The first kappa shape index (κ1) is 24.3. The number of carbonyl (C=O) groups excluding carboxylic acids is 1. The molecule has 0 unspecified atom stereocenters. The summed E-state index contributed by atoms with van der Waals surface area (Å²) in [5.74, 6) is 0.232. The third kappa shape index (κ3) is 8.10. The molecule has 0 aliphatic carbocycles. The van der Waals surface area contributed by atoms with E-state index in [-0.39, 0.29) is 10.5 Å². The highest BCUT2D eigenvalue weighted by Gasteiger charge is 2.29. The van der Waals surface area contributed by atoms with Gasteiger partial charge >= 0.3 is 12.1 Å². The average molecular weight is 432 g/mol. The van der Waals surface area contributed by atoms with Crippen molar-refractivity contribution in [3.05, 3.63) is 23.8 Å². The molecule has 0 radical (unpaired) electrons. The minimum atomic E-state index is -1.11. The van der Waals surface area contributed by atoms with E-state index in [1.807, 2.05) is 20.8 Å². The van der Waals surface area contributed by atoms with Crippen LogP contribution in [0.5, 0.6) is 11.5 Å². The number of carboxylic acids is 1. The summed E-state index contributed by atoms with van der Waals surface area (Å²) in [5, 5.41) is 11.8. The topological polar surface area (TPSA) is 94.1 Å². The van der Waals surface area contributed by atoms with Gasteiger partial charge in [0.2, 0.25) is 0 Å². The maximum Gasteiger partial charge on any atom is 0.408 e. The Balaban J connectivity index is 2.81. The van der Waals surface area contributed by atoms with Crippen LogP contribution < -0.4 is 14.8 Å². The lowest BCUT2D eigenvalue weighted by molar-refractivity contribution is -0.138. The van der Waals surface area contributed by atoms with Gasteiger partial charge in [-0.3, -0.25) is 0 Å². The van der Waals surface area contributed by atoms with Crippen LogP contribution in [0.25, 0.3) is 0 Å². The Morgan fingerprint density at radius 1 is 1.07 bits per heavy atom. The van der Waals surface area contributed by atoms with Crippen LogP contribution in [0.4, 0.5) is 4.79 Å². The first-order valence-corrected chi connectivity index (χ1v) is 11.0. The van der Waals surface area contributed by atoms with Gasteiger partial charge < -0.3 is 24.6 Å². The lowest BCUT2D eigenvalue weighted by atomic mass is 9.97. The molecule has 1 aromatic rings. The summed E-state index contributed by atoms with van der Waals surface area (Å²) >= 11 is 0. The molecule has 0 spiro atoms. The number of methoxy groups -OCH3 is 2. The summed E-state index contributed by atoms with van der Waals surface area (Å²) in [6, 6.07) is 4.13. The van der Waals surface area contributed by atoms with Crippen LogP contribution in [-0.2, 0) is 15.1 Å². The van der Waals surface area contributed by atoms with Crippen LogP contribution in [0, 0.1) is 0 Å². The van der Waals surface area contributed by atoms with Crippen molar-refractivity contribution < 1.29 is 28.9 Å². The minimum absolute atomic E-state index is 0.0123. The predicted molar refractivity (Wildman–Crippen MR) is 113 cm³/mol. The van der Waals surface area contributed by atoms with Gasteiger partial charge in [0.25, 0.3) is 0 Å². The molecule has 28 heavy (non-hydrogen) atoms. The van der Waals surface area contributed by atoms with E-state index in [1.54, 1.807) is 42.8 Å². The standard InChI is InChI=1S/C19H29NO6S2/c1-18(2,3)28-27-11-15(16(21)22)20-17(23)26-19(4,5)12-8-13(24-6)10-14(9-12)25-7/h8-10,15H,11H2,1-7H3,(H,20,23)(H,21,22)/t15-/m1/s1. The summed E-state index contributed by atoms with van der Waals surface area (Å²) in [6.45, 7) is 9.52. The molecular formula is C19H29NO6S2. The zero-order chi connectivity index (χ0) is 21.5. The van der Waals surface area contributed by atoms with Crippen molar-refractivity contribution in [2.45, 2.75) is 51.0 Å². The number of amides is 1. The fraction of sp³-hybridized carbons (Fsp3) is 0.579. The quantitative estimate of drug-likeness (QED) is 0.559. The fourth-order valence-electron chi connectivity index (χ4n) is 2.07. The van der Waals surface area contributed by atoms with Crippen LogP contribution in [0.15, 0.2) is 18.2 Å². The summed E-state index contributed by atoms with van der Waals surface area (Å²) in [4.78, 5) is 23.8. The van der Waals surface area contributed by atoms with Crippen molar-refractivity contribution in [3.8, 4) is 11.5 Å². The van der Waals surface area contributed by atoms with Gasteiger partial charge in [0, 0.05) is 22.1 Å². The molecular weight excluding hydrogens is 402 g/mol. The molecule has 0 fully saturated rings. The molecule has 1 aromatic carbocycles. The second kappa shape index (κ2) is 10.2. The van der Waals surface area contributed by atoms with Gasteiger partial charge in [-0.05, 0) is 26.0 Å². The number of hydrogen-bond acceptors (Lipinski definition) is 7. The van der Waals surface area contributed by atoms with Crippen molar-refractivity contribution in [2.75, 3.05) is 20.0 Å². The third-order valence-corrected chi connectivity index (χ3v) is 6.88. The van der Waals surface area contributed by atoms with Crippen molar-refractivity contribution in [2.24, 2.45) is 0 Å². The Morgan fingerprint density at radius 2 is 1.61 bits per heavy atom. The first-order valence-electron chi connectivity index (χ1n) is 8.64. The van der Waals surface area contributed by atoms with Crippen LogP contribution in [0.3, 0.4) is 0 Å². The van der Waals surface area contributed by atoms with Gasteiger partial charge in [0.05, 0.1) is 14.2 Å². The van der Waals surface area contributed by atoms with Gasteiger partial charge in [0.15, 0.2) is 0 Å². The predicted octanol–water partition coefficient (Wildman–Crippen LogP) is 4.30. The molecule has 1 atom stereocenters. The zero-order valence-electron chi connectivity index (χ0n) is 17.3. The van der Waals surface area contributed by atoms with E-state index in [4.69, 9.17) is 14.2 Å². The van der Waals surface area contributed by atoms with Gasteiger partial charge in [-0.15, -0.1) is 0 Å². The largest absolute Gasteiger partial charge is 0.497 e. The lowest BCUT2D eigenvalue weighted by Gasteiger charge is -2.27. The van der Waals surface area contributed by atoms with Crippen molar-refractivity contribution in [3.63, 3.8) is 0 Å². The Kier molecular flexibility index (Phi) is 8.81. The van der Waals surface area contributed by atoms with Crippen molar-refractivity contribution in [1.29, 1.82) is 0 Å². The molecule has 7 nitrogen and oxygen atoms in total. The number of hydrogen-bond donors (Lipinski definition) is 2. The molecule has 0 aromatic heterocycles. The maximum atomic E-state index is 12.3.